The fraction of sp³-hybridized carbons (Fsp3) is 0.385. The van der Waals surface area contributed by atoms with E-state index in [1.807, 2.05) is 0 Å². The van der Waals surface area contributed by atoms with Gasteiger partial charge in [-0.05, 0) is 31.2 Å². The molecular formula is C13H16ClNO3. The van der Waals surface area contributed by atoms with Gasteiger partial charge in [-0.15, -0.1) is 0 Å². The summed E-state index contributed by atoms with van der Waals surface area (Å²) in [6.07, 6.45) is -0.824. The number of carbonyl (C=O) groups excluding carboxylic acids is 2. The molecule has 0 aliphatic heterocycles. The molecule has 18 heavy (non-hydrogen) atoms. The Labute approximate surface area is 111 Å². The lowest BCUT2D eigenvalue weighted by atomic mass is 10.2. The average molecular weight is 270 g/mol. The van der Waals surface area contributed by atoms with Crippen molar-refractivity contribution in [2.45, 2.75) is 26.9 Å². The van der Waals surface area contributed by atoms with E-state index in [-0.39, 0.29) is 11.8 Å². The molecule has 0 aromatic heterocycles. The van der Waals surface area contributed by atoms with Gasteiger partial charge in [0, 0.05) is 10.7 Å². The quantitative estimate of drug-likeness (QED) is 0.855. The second-order valence-electron chi connectivity index (χ2n) is 4.23. The topological polar surface area (TPSA) is 55.4 Å². The van der Waals surface area contributed by atoms with Crippen LogP contribution in [0.3, 0.4) is 0 Å². The van der Waals surface area contributed by atoms with Crippen LogP contribution >= 0.6 is 11.6 Å². The maximum Gasteiger partial charge on any atom is 0.309 e. The molecule has 98 valence electrons. The van der Waals surface area contributed by atoms with E-state index in [0.29, 0.717) is 10.7 Å². The number of ether oxygens (including phenoxy) is 1. The van der Waals surface area contributed by atoms with Crippen LogP contribution in [0.5, 0.6) is 0 Å². The van der Waals surface area contributed by atoms with Crippen LogP contribution in [0.1, 0.15) is 20.8 Å². The lowest BCUT2D eigenvalue weighted by Gasteiger charge is -2.14. The van der Waals surface area contributed by atoms with E-state index in [9.17, 15) is 9.59 Å². The van der Waals surface area contributed by atoms with E-state index < -0.39 is 12.1 Å². The highest BCUT2D eigenvalue weighted by Crippen LogP contribution is 2.14. The molecule has 1 atom stereocenters. The highest BCUT2D eigenvalue weighted by atomic mass is 35.5. The molecular weight excluding hydrogens is 254 g/mol. The van der Waals surface area contributed by atoms with Crippen molar-refractivity contribution in [2.24, 2.45) is 5.92 Å². The second-order valence-corrected chi connectivity index (χ2v) is 4.67. The Kier molecular flexibility index (Phi) is 5.16. The van der Waals surface area contributed by atoms with Crippen LogP contribution in [0.4, 0.5) is 5.69 Å². The van der Waals surface area contributed by atoms with Gasteiger partial charge in [-0.3, -0.25) is 9.59 Å². The van der Waals surface area contributed by atoms with Gasteiger partial charge in [0.15, 0.2) is 6.10 Å². The standard InChI is InChI=1S/C13H16ClNO3/c1-8(2)13(17)18-9(3)12(16)15-11-6-4-10(14)5-7-11/h4-9H,1-3H3,(H,15,16)/t9-/m0/s1. The van der Waals surface area contributed by atoms with Gasteiger partial charge in [-0.2, -0.15) is 0 Å². The molecule has 0 radical (unpaired) electrons. The first kappa shape index (κ1) is 14.5. The van der Waals surface area contributed by atoms with Crippen molar-refractivity contribution < 1.29 is 14.3 Å². The number of halogens is 1. The number of anilines is 1. The lowest BCUT2D eigenvalue weighted by molar-refractivity contribution is -0.156. The normalized spacial score (nSPS) is 12.1. The number of benzene rings is 1. The smallest absolute Gasteiger partial charge is 0.309 e. The molecule has 4 nitrogen and oxygen atoms in total. The third kappa shape index (κ3) is 4.37. The van der Waals surface area contributed by atoms with Crippen molar-refractivity contribution in [2.75, 3.05) is 5.32 Å². The Morgan fingerprint density at radius 1 is 1.17 bits per heavy atom. The molecule has 1 rings (SSSR count). The summed E-state index contributed by atoms with van der Waals surface area (Å²) in [7, 11) is 0. The molecule has 0 aliphatic rings. The van der Waals surface area contributed by atoms with Crippen LogP contribution in [-0.2, 0) is 14.3 Å². The molecule has 0 aliphatic carbocycles. The molecule has 1 N–H and O–H groups in total. The predicted octanol–water partition coefficient (Wildman–Crippen LogP) is 2.87. The maximum absolute atomic E-state index is 11.7. The molecule has 0 unspecified atom stereocenters. The second kappa shape index (κ2) is 6.40. The molecule has 1 amide bonds. The fourth-order valence-corrected chi connectivity index (χ4v) is 1.27. The SMILES string of the molecule is CC(C)C(=O)O[C@@H](C)C(=O)Nc1ccc(Cl)cc1. The van der Waals surface area contributed by atoms with Crippen molar-refractivity contribution in [1.29, 1.82) is 0 Å². The zero-order chi connectivity index (χ0) is 13.7. The highest BCUT2D eigenvalue weighted by Gasteiger charge is 2.19. The summed E-state index contributed by atoms with van der Waals surface area (Å²) in [5.74, 6) is -1.02. The molecule has 1 aromatic rings. The number of carbonyl (C=O) groups is 2. The van der Waals surface area contributed by atoms with Crippen molar-refractivity contribution in [3.63, 3.8) is 0 Å². The minimum Gasteiger partial charge on any atom is -0.452 e. The van der Waals surface area contributed by atoms with Crippen LogP contribution in [0, 0.1) is 5.92 Å². The molecule has 0 fully saturated rings. The Hall–Kier alpha value is -1.55. The summed E-state index contributed by atoms with van der Waals surface area (Å²) in [4.78, 5) is 23.1. The number of esters is 1. The molecule has 0 heterocycles. The molecule has 0 saturated carbocycles. The van der Waals surface area contributed by atoms with Gasteiger partial charge in [0.25, 0.3) is 5.91 Å². The number of hydrogen-bond acceptors (Lipinski definition) is 3. The lowest BCUT2D eigenvalue weighted by Crippen LogP contribution is -2.31. The molecule has 5 heteroatoms. The van der Waals surface area contributed by atoms with E-state index in [1.165, 1.54) is 6.92 Å². The summed E-state index contributed by atoms with van der Waals surface area (Å²) in [5.41, 5.74) is 0.608. The van der Waals surface area contributed by atoms with E-state index in [4.69, 9.17) is 16.3 Å². The van der Waals surface area contributed by atoms with E-state index in [2.05, 4.69) is 5.32 Å². The Morgan fingerprint density at radius 2 is 1.72 bits per heavy atom. The third-order valence-electron chi connectivity index (χ3n) is 2.25. The van der Waals surface area contributed by atoms with Gasteiger partial charge in [-0.25, -0.2) is 0 Å². The zero-order valence-corrected chi connectivity index (χ0v) is 11.3. The van der Waals surface area contributed by atoms with Gasteiger partial charge in [-0.1, -0.05) is 25.4 Å². The van der Waals surface area contributed by atoms with Gasteiger partial charge in [0.05, 0.1) is 5.92 Å². The van der Waals surface area contributed by atoms with Gasteiger partial charge >= 0.3 is 5.97 Å². The van der Waals surface area contributed by atoms with Crippen LogP contribution in [-0.4, -0.2) is 18.0 Å². The van der Waals surface area contributed by atoms with Crippen LogP contribution in [0.2, 0.25) is 5.02 Å². The monoisotopic (exact) mass is 269 g/mol. The zero-order valence-electron chi connectivity index (χ0n) is 10.6. The maximum atomic E-state index is 11.7. The number of rotatable bonds is 4. The summed E-state index contributed by atoms with van der Waals surface area (Å²) in [5, 5.41) is 3.23. The van der Waals surface area contributed by atoms with Crippen LogP contribution < -0.4 is 5.32 Å². The van der Waals surface area contributed by atoms with Crippen molar-refractivity contribution in [3.05, 3.63) is 29.3 Å². The van der Waals surface area contributed by atoms with E-state index >= 15 is 0 Å². The molecule has 0 bridgehead atoms. The van der Waals surface area contributed by atoms with Crippen molar-refractivity contribution in [3.8, 4) is 0 Å². The van der Waals surface area contributed by atoms with Crippen LogP contribution in [0.25, 0.3) is 0 Å². The fourth-order valence-electron chi connectivity index (χ4n) is 1.14. The third-order valence-corrected chi connectivity index (χ3v) is 2.50. The minimum absolute atomic E-state index is 0.254. The highest BCUT2D eigenvalue weighted by molar-refractivity contribution is 6.30. The number of hydrogen-bond donors (Lipinski definition) is 1. The Balaban J connectivity index is 2.54. The molecule has 0 spiro atoms. The largest absolute Gasteiger partial charge is 0.452 e. The average Bonchev–Trinajstić information content (AvgIpc) is 2.31. The molecule has 1 aromatic carbocycles. The van der Waals surface area contributed by atoms with Crippen LogP contribution in [0.15, 0.2) is 24.3 Å². The first-order valence-electron chi connectivity index (χ1n) is 5.67. The summed E-state index contributed by atoms with van der Waals surface area (Å²) in [6.45, 7) is 4.96. The number of amides is 1. The van der Waals surface area contributed by atoms with Gasteiger partial charge in [0.1, 0.15) is 0 Å². The van der Waals surface area contributed by atoms with E-state index in [1.54, 1.807) is 38.1 Å². The summed E-state index contributed by atoms with van der Waals surface area (Å²) < 4.78 is 4.99. The minimum atomic E-state index is -0.824. The first-order chi connectivity index (χ1) is 8.40. The van der Waals surface area contributed by atoms with Gasteiger partial charge < -0.3 is 10.1 Å². The first-order valence-corrected chi connectivity index (χ1v) is 6.05. The van der Waals surface area contributed by atoms with E-state index in [0.717, 1.165) is 0 Å². The molecule has 0 saturated heterocycles. The van der Waals surface area contributed by atoms with Crippen molar-refractivity contribution >= 4 is 29.2 Å². The summed E-state index contributed by atoms with van der Waals surface area (Å²) in [6, 6.07) is 6.69. The Morgan fingerprint density at radius 3 is 2.22 bits per heavy atom. The Bertz CT molecular complexity index is 428. The number of nitrogens with one attached hydrogen (secondary N) is 1. The van der Waals surface area contributed by atoms with Gasteiger partial charge in [0.2, 0.25) is 0 Å². The predicted molar refractivity (Wildman–Crippen MR) is 70.5 cm³/mol. The van der Waals surface area contributed by atoms with Crippen molar-refractivity contribution in [1.82, 2.24) is 0 Å². The summed E-state index contributed by atoms with van der Waals surface area (Å²) >= 11 is 5.73.